The summed E-state index contributed by atoms with van der Waals surface area (Å²) in [6.45, 7) is 1.27. The third-order valence-electron chi connectivity index (χ3n) is 2.46. The number of carbonyl (C=O) groups is 3. The zero-order chi connectivity index (χ0) is 14.4. The molecule has 0 spiro atoms. The van der Waals surface area contributed by atoms with Crippen molar-refractivity contribution in [3.63, 3.8) is 0 Å². The van der Waals surface area contributed by atoms with E-state index in [1.54, 1.807) is 12.1 Å². The van der Waals surface area contributed by atoms with Gasteiger partial charge in [0.1, 0.15) is 5.75 Å². The number of aliphatic carboxylic acids is 2. The van der Waals surface area contributed by atoms with Crippen LogP contribution in [0.5, 0.6) is 5.75 Å². The summed E-state index contributed by atoms with van der Waals surface area (Å²) in [5.41, 5.74) is 0.584. The summed E-state index contributed by atoms with van der Waals surface area (Å²) in [4.78, 5) is 32.2. The number of hydrogen-bond acceptors (Lipinski definition) is 4. The van der Waals surface area contributed by atoms with Gasteiger partial charge in [-0.05, 0) is 17.7 Å². The predicted octanol–water partition coefficient (Wildman–Crippen LogP) is 1.64. The van der Waals surface area contributed by atoms with E-state index in [0.717, 1.165) is 0 Å². The zero-order valence-corrected chi connectivity index (χ0v) is 10.3. The Kier molecular flexibility index (Phi) is 5.05. The Bertz CT molecular complexity index is 460. The minimum Gasteiger partial charge on any atom is -0.481 e. The molecule has 0 aromatic heterocycles. The molecule has 0 unspecified atom stereocenters. The van der Waals surface area contributed by atoms with Gasteiger partial charge in [-0.2, -0.15) is 0 Å². The Hall–Kier alpha value is -2.37. The summed E-state index contributed by atoms with van der Waals surface area (Å²) >= 11 is 0. The van der Waals surface area contributed by atoms with E-state index in [0.29, 0.717) is 11.3 Å². The quantitative estimate of drug-likeness (QED) is 0.599. The summed E-state index contributed by atoms with van der Waals surface area (Å²) < 4.78 is 4.84. The second kappa shape index (κ2) is 6.53. The van der Waals surface area contributed by atoms with Crippen molar-refractivity contribution in [1.82, 2.24) is 0 Å². The van der Waals surface area contributed by atoms with Gasteiger partial charge < -0.3 is 14.9 Å². The fraction of sp³-hybridized carbons (Fsp3) is 0.308. The number of rotatable bonds is 6. The Labute approximate surface area is 109 Å². The minimum absolute atomic E-state index is 0.265. The normalized spacial score (nSPS) is 10.2. The van der Waals surface area contributed by atoms with Gasteiger partial charge in [0.15, 0.2) is 0 Å². The lowest BCUT2D eigenvalue weighted by Gasteiger charge is -2.13. The fourth-order valence-corrected chi connectivity index (χ4v) is 1.70. The van der Waals surface area contributed by atoms with Crippen LogP contribution < -0.4 is 4.74 Å². The second-order valence-corrected chi connectivity index (χ2v) is 4.06. The van der Waals surface area contributed by atoms with Gasteiger partial charge in [-0.25, -0.2) is 0 Å². The smallest absolute Gasteiger partial charge is 0.308 e. The lowest BCUT2D eigenvalue weighted by molar-refractivity contribution is -0.139. The zero-order valence-electron chi connectivity index (χ0n) is 10.3. The van der Waals surface area contributed by atoms with Crippen LogP contribution in [0.1, 0.15) is 31.2 Å². The monoisotopic (exact) mass is 266 g/mol. The first kappa shape index (κ1) is 14.7. The van der Waals surface area contributed by atoms with Gasteiger partial charge in [0.25, 0.3) is 0 Å². The lowest BCUT2D eigenvalue weighted by Crippen LogP contribution is -2.11. The molecule has 0 aliphatic carbocycles. The van der Waals surface area contributed by atoms with Crippen molar-refractivity contribution >= 4 is 17.9 Å². The number of carbonyl (C=O) groups excluding carboxylic acids is 1. The van der Waals surface area contributed by atoms with Gasteiger partial charge in [-0.1, -0.05) is 12.1 Å². The third kappa shape index (κ3) is 5.20. The number of esters is 1. The molecule has 0 bridgehead atoms. The first-order valence-corrected chi connectivity index (χ1v) is 5.60. The van der Waals surface area contributed by atoms with Gasteiger partial charge in [-0.3, -0.25) is 14.4 Å². The minimum atomic E-state index is -1.06. The molecule has 0 aliphatic heterocycles. The van der Waals surface area contributed by atoms with Gasteiger partial charge in [0.2, 0.25) is 0 Å². The maximum absolute atomic E-state index is 10.7. The van der Waals surface area contributed by atoms with E-state index in [1.165, 1.54) is 19.1 Å². The largest absolute Gasteiger partial charge is 0.481 e. The highest BCUT2D eigenvalue weighted by molar-refractivity contribution is 5.72. The van der Waals surface area contributed by atoms with E-state index in [1.807, 2.05) is 0 Å². The molecule has 102 valence electrons. The van der Waals surface area contributed by atoms with Gasteiger partial charge in [-0.15, -0.1) is 0 Å². The molecule has 6 nitrogen and oxygen atoms in total. The Morgan fingerprint density at radius 2 is 1.53 bits per heavy atom. The SMILES string of the molecule is CC(=O)Oc1ccc(C(CC(=O)O)CC(=O)O)cc1. The molecule has 0 saturated carbocycles. The van der Waals surface area contributed by atoms with Crippen molar-refractivity contribution in [1.29, 1.82) is 0 Å². The molecule has 0 atom stereocenters. The topological polar surface area (TPSA) is 101 Å². The van der Waals surface area contributed by atoms with Crippen LogP contribution in [-0.4, -0.2) is 28.1 Å². The van der Waals surface area contributed by atoms with E-state index >= 15 is 0 Å². The molecule has 1 aromatic carbocycles. The van der Waals surface area contributed by atoms with Crippen LogP contribution in [0.25, 0.3) is 0 Å². The van der Waals surface area contributed by atoms with Crippen LogP contribution in [-0.2, 0) is 14.4 Å². The van der Waals surface area contributed by atoms with Crippen LogP contribution in [0.3, 0.4) is 0 Å². The molecule has 2 N–H and O–H groups in total. The third-order valence-corrected chi connectivity index (χ3v) is 2.46. The Morgan fingerprint density at radius 3 is 1.89 bits per heavy atom. The second-order valence-electron chi connectivity index (χ2n) is 4.06. The van der Waals surface area contributed by atoms with Gasteiger partial charge in [0, 0.05) is 12.8 Å². The summed E-state index contributed by atoms with van der Waals surface area (Å²) in [5.74, 6) is -2.85. The van der Waals surface area contributed by atoms with E-state index in [9.17, 15) is 14.4 Å². The number of carboxylic acid groups (broad SMARTS) is 2. The highest BCUT2D eigenvalue weighted by atomic mass is 16.5. The number of carboxylic acids is 2. The molecular formula is C13H14O6. The predicted molar refractivity (Wildman–Crippen MR) is 65.0 cm³/mol. The summed E-state index contributed by atoms with van der Waals surface area (Å²) in [6.07, 6.45) is -0.529. The Balaban J connectivity index is 2.86. The molecular weight excluding hydrogens is 252 g/mol. The fourth-order valence-electron chi connectivity index (χ4n) is 1.70. The molecule has 1 aromatic rings. The lowest BCUT2D eigenvalue weighted by atomic mass is 9.92. The molecule has 0 radical (unpaired) electrons. The van der Waals surface area contributed by atoms with Crippen LogP contribution >= 0.6 is 0 Å². The van der Waals surface area contributed by atoms with Crippen LogP contribution in [0.4, 0.5) is 0 Å². The molecule has 0 heterocycles. The highest BCUT2D eigenvalue weighted by Gasteiger charge is 2.19. The summed E-state index contributed by atoms with van der Waals surface area (Å²) in [5, 5.41) is 17.5. The molecule has 0 amide bonds. The van der Waals surface area contributed by atoms with Crippen LogP contribution in [0, 0.1) is 0 Å². The number of hydrogen-bond donors (Lipinski definition) is 2. The van der Waals surface area contributed by atoms with Crippen molar-refractivity contribution in [2.24, 2.45) is 0 Å². The molecule has 0 saturated heterocycles. The highest BCUT2D eigenvalue weighted by Crippen LogP contribution is 2.25. The van der Waals surface area contributed by atoms with Crippen molar-refractivity contribution in [3.8, 4) is 5.75 Å². The standard InChI is InChI=1S/C13H14O6/c1-8(14)19-11-4-2-9(3-5-11)10(6-12(15)16)7-13(17)18/h2-5,10H,6-7H2,1H3,(H,15,16)(H,17,18). The van der Waals surface area contributed by atoms with Gasteiger partial charge >= 0.3 is 17.9 Å². The van der Waals surface area contributed by atoms with Crippen molar-refractivity contribution in [2.45, 2.75) is 25.7 Å². The van der Waals surface area contributed by atoms with E-state index < -0.39 is 23.8 Å². The molecule has 19 heavy (non-hydrogen) atoms. The first-order valence-electron chi connectivity index (χ1n) is 5.60. The van der Waals surface area contributed by atoms with Crippen LogP contribution in [0.2, 0.25) is 0 Å². The molecule has 1 rings (SSSR count). The van der Waals surface area contributed by atoms with Crippen molar-refractivity contribution in [2.75, 3.05) is 0 Å². The first-order chi connectivity index (χ1) is 8.88. The molecule has 6 heteroatoms. The average molecular weight is 266 g/mol. The van der Waals surface area contributed by atoms with Crippen LogP contribution in [0.15, 0.2) is 24.3 Å². The number of benzene rings is 1. The molecule has 0 fully saturated rings. The maximum Gasteiger partial charge on any atom is 0.308 e. The van der Waals surface area contributed by atoms with Crippen molar-refractivity contribution < 1.29 is 29.3 Å². The van der Waals surface area contributed by atoms with E-state index in [4.69, 9.17) is 14.9 Å². The maximum atomic E-state index is 10.7. The van der Waals surface area contributed by atoms with Gasteiger partial charge in [0.05, 0.1) is 12.8 Å². The average Bonchev–Trinajstić information content (AvgIpc) is 2.27. The molecule has 0 aliphatic rings. The summed E-state index contributed by atoms with van der Waals surface area (Å²) in [6, 6.07) is 6.14. The summed E-state index contributed by atoms with van der Waals surface area (Å²) in [7, 11) is 0. The Morgan fingerprint density at radius 1 is 1.05 bits per heavy atom. The number of ether oxygens (including phenoxy) is 1. The van der Waals surface area contributed by atoms with Crippen molar-refractivity contribution in [3.05, 3.63) is 29.8 Å². The van der Waals surface area contributed by atoms with E-state index in [2.05, 4.69) is 0 Å². The van der Waals surface area contributed by atoms with E-state index in [-0.39, 0.29) is 12.8 Å².